The van der Waals surface area contributed by atoms with Crippen LogP contribution in [0.5, 0.6) is 0 Å². The summed E-state index contributed by atoms with van der Waals surface area (Å²) < 4.78 is 0.387. The van der Waals surface area contributed by atoms with Gasteiger partial charge < -0.3 is 10.0 Å². The highest BCUT2D eigenvalue weighted by Gasteiger charge is 2.49. The van der Waals surface area contributed by atoms with Crippen molar-refractivity contribution in [1.82, 2.24) is 9.88 Å². The van der Waals surface area contributed by atoms with Crippen molar-refractivity contribution in [3.8, 4) is 11.1 Å². The number of halogens is 1. The molecule has 1 saturated heterocycles. The summed E-state index contributed by atoms with van der Waals surface area (Å²) in [6.07, 6.45) is 3.56. The fourth-order valence-electron chi connectivity index (χ4n) is 5.53. The molecular weight excluding hydrogens is 428 g/mol. The molecule has 0 radical (unpaired) electrons. The van der Waals surface area contributed by atoms with Crippen LogP contribution in [0.2, 0.25) is 4.47 Å². The molecule has 1 saturated carbocycles. The van der Waals surface area contributed by atoms with Gasteiger partial charge >= 0.3 is 0 Å². The molecule has 2 atom stereocenters. The van der Waals surface area contributed by atoms with Gasteiger partial charge in [0.15, 0.2) is 4.47 Å². The minimum atomic E-state index is -0.494. The lowest BCUT2D eigenvalue weighted by Crippen LogP contribution is -2.33. The molecule has 2 fully saturated rings. The Morgan fingerprint density at radius 1 is 1.19 bits per heavy atom. The first-order valence-electron chi connectivity index (χ1n) is 10.9. The summed E-state index contributed by atoms with van der Waals surface area (Å²) in [7, 11) is 0. The number of fused-ring (bicyclic) bond motifs is 2. The summed E-state index contributed by atoms with van der Waals surface area (Å²) in [6, 6.07) is 15.2. The van der Waals surface area contributed by atoms with Gasteiger partial charge in [0.2, 0.25) is 0 Å². The van der Waals surface area contributed by atoms with E-state index >= 15 is 0 Å². The molecule has 1 aliphatic heterocycles. The lowest BCUT2D eigenvalue weighted by atomic mass is 9.80. The number of thiazole rings is 1. The van der Waals surface area contributed by atoms with E-state index in [1.807, 2.05) is 4.90 Å². The lowest BCUT2D eigenvalue weighted by Gasteiger charge is -2.25. The monoisotopic (exact) mass is 450 g/mol. The predicted octanol–water partition coefficient (Wildman–Crippen LogP) is 5.56. The number of hydrogen-bond acceptors (Lipinski definition) is 4. The third kappa shape index (κ3) is 3.22. The smallest absolute Gasteiger partial charge is 0.273 e. The van der Waals surface area contributed by atoms with Crippen molar-refractivity contribution in [1.29, 1.82) is 0 Å². The Morgan fingerprint density at radius 3 is 2.81 bits per heavy atom. The van der Waals surface area contributed by atoms with Crippen LogP contribution in [0.25, 0.3) is 11.1 Å². The molecule has 2 heterocycles. The third-order valence-electron chi connectivity index (χ3n) is 7.19. The number of carbonyl (C=O) groups excluding carboxylic acids is 1. The normalized spacial score (nSPS) is 24.7. The Hall–Kier alpha value is -2.21. The van der Waals surface area contributed by atoms with Crippen LogP contribution in [0, 0.1) is 0 Å². The quantitative estimate of drug-likeness (QED) is 0.568. The SMILES string of the molecule is O=C(c1csc(Cl)n1)N1CCC2(CC(O)c3cc(-c4ccccc4C4CC4)ccc32)C1. The topological polar surface area (TPSA) is 53.4 Å². The first-order chi connectivity index (χ1) is 15.0. The first kappa shape index (κ1) is 19.5. The van der Waals surface area contributed by atoms with Gasteiger partial charge in [0.05, 0.1) is 6.10 Å². The molecule has 3 aromatic rings. The molecule has 1 aromatic heterocycles. The summed E-state index contributed by atoms with van der Waals surface area (Å²) in [5, 5.41) is 12.7. The van der Waals surface area contributed by atoms with Crippen molar-refractivity contribution in [3.63, 3.8) is 0 Å². The number of aliphatic hydroxyl groups excluding tert-OH is 1. The maximum Gasteiger partial charge on any atom is 0.273 e. The van der Waals surface area contributed by atoms with Crippen LogP contribution < -0.4 is 0 Å². The summed E-state index contributed by atoms with van der Waals surface area (Å²) in [4.78, 5) is 18.9. The maximum absolute atomic E-state index is 12.9. The van der Waals surface area contributed by atoms with Crippen LogP contribution in [0.3, 0.4) is 0 Å². The average molecular weight is 451 g/mol. The van der Waals surface area contributed by atoms with Gasteiger partial charge in [0.1, 0.15) is 5.69 Å². The molecule has 3 aliphatic rings. The Balaban J connectivity index is 1.32. The summed E-state index contributed by atoms with van der Waals surface area (Å²) in [6.45, 7) is 1.29. The number of nitrogens with zero attached hydrogens (tertiary/aromatic N) is 2. The summed E-state index contributed by atoms with van der Waals surface area (Å²) in [5.74, 6) is 0.604. The molecule has 1 amide bonds. The van der Waals surface area contributed by atoms with Gasteiger partial charge in [-0.25, -0.2) is 4.98 Å². The molecule has 0 bridgehead atoms. The first-order valence-corrected chi connectivity index (χ1v) is 12.1. The molecule has 1 N–H and O–H groups in total. The fraction of sp³-hybridized carbons (Fsp3) is 0.360. The molecule has 2 unspecified atom stereocenters. The zero-order valence-corrected chi connectivity index (χ0v) is 18.6. The third-order valence-corrected chi connectivity index (χ3v) is 8.17. The van der Waals surface area contributed by atoms with Crippen molar-refractivity contribution in [2.45, 2.75) is 43.1 Å². The number of aliphatic hydroxyl groups is 1. The van der Waals surface area contributed by atoms with E-state index in [0.717, 1.165) is 12.0 Å². The highest BCUT2D eigenvalue weighted by molar-refractivity contribution is 7.14. The largest absolute Gasteiger partial charge is 0.388 e. The zero-order chi connectivity index (χ0) is 21.2. The standard InChI is InChI=1S/C25H23ClN2O2S/c26-24-27-21(13-31-24)23(30)28-10-9-25(14-28)12-22(29)19-11-16(7-8-20(19)25)18-4-2-1-3-17(18)15-5-6-15/h1-4,7-8,11,13,15,22,29H,5-6,9-10,12,14H2. The summed E-state index contributed by atoms with van der Waals surface area (Å²) in [5.41, 5.74) is 6.33. The Bertz CT molecular complexity index is 1190. The molecule has 158 valence electrons. The fourth-order valence-corrected chi connectivity index (χ4v) is 6.27. The van der Waals surface area contributed by atoms with Crippen LogP contribution in [-0.4, -0.2) is 34.0 Å². The number of carbonyl (C=O) groups is 1. The molecule has 2 aromatic carbocycles. The zero-order valence-electron chi connectivity index (χ0n) is 17.1. The number of rotatable bonds is 3. The van der Waals surface area contributed by atoms with Gasteiger partial charge in [-0.3, -0.25) is 4.79 Å². The van der Waals surface area contributed by atoms with Gasteiger partial charge in [-0.1, -0.05) is 48.0 Å². The van der Waals surface area contributed by atoms with Crippen LogP contribution in [-0.2, 0) is 5.41 Å². The van der Waals surface area contributed by atoms with Crippen molar-refractivity contribution in [2.24, 2.45) is 0 Å². The van der Waals surface area contributed by atoms with Crippen LogP contribution in [0.4, 0.5) is 0 Å². The average Bonchev–Trinajstić information content (AvgIpc) is 3.31. The highest BCUT2D eigenvalue weighted by Crippen LogP contribution is 2.52. The van der Waals surface area contributed by atoms with E-state index in [1.54, 1.807) is 5.38 Å². The van der Waals surface area contributed by atoms with Gasteiger partial charge in [-0.2, -0.15) is 0 Å². The molecule has 1 spiro atoms. The van der Waals surface area contributed by atoms with E-state index in [0.29, 0.717) is 35.6 Å². The molecule has 31 heavy (non-hydrogen) atoms. The van der Waals surface area contributed by atoms with Crippen LogP contribution in [0.1, 0.15) is 64.9 Å². The number of likely N-dealkylation sites (tertiary alicyclic amines) is 1. The van der Waals surface area contributed by atoms with Gasteiger partial charge in [-0.05, 0) is 65.5 Å². The molecule has 4 nitrogen and oxygen atoms in total. The number of aromatic nitrogens is 1. The minimum absolute atomic E-state index is 0.0713. The Kier molecular flexibility index (Phi) is 4.50. The lowest BCUT2D eigenvalue weighted by molar-refractivity contribution is 0.0771. The minimum Gasteiger partial charge on any atom is -0.388 e. The maximum atomic E-state index is 12.9. The molecule has 2 aliphatic carbocycles. The number of amides is 1. The molecule has 6 heteroatoms. The van der Waals surface area contributed by atoms with E-state index < -0.39 is 6.10 Å². The van der Waals surface area contributed by atoms with E-state index in [-0.39, 0.29) is 11.3 Å². The van der Waals surface area contributed by atoms with Crippen molar-refractivity contribution >= 4 is 28.8 Å². The Labute approximate surface area is 190 Å². The van der Waals surface area contributed by atoms with E-state index in [1.165, 1.54) is 46.4 Å². The predicted molar refractivity (Wildman–Crippen MR) is 123 cm³/mol. The van der Waals surface area contributed by atoms with E-state index in [9.17, 15) is 9.90 Å². The number of hydrogen-bond donors (Lipinski definition) is 1. The number of benzene rings is 2. The Morgan fingerprint density at radius 2 is 2.03 bits per heavy atom. The second-order valence-corrected chi connectivity index (χ2v) is 10.6. The van der Waals surface area contributed by atoms with Crippen LogP contribution in [0.15, 0.2) is 47.8 Å². The molecular formula is C25H23ClN2O2S. The van der Waals surface area contributed by atoms with E-state index in [4.69, 9.17) is 11.6 Å². The molecule has 6 rings (SSSR count). The van der Waals surface area contributed by atoms with Crippen LogP contribution >= 0.6 is 22.9 Å². The van der Waals surface area contributed by atoms with Gasteiger partial charge in [0, 0.05) is 23.9 Å². The van der Waals surface area contributed by atoms with E-state index in [2.05, 4.69) is 47.4 Å². The van der Waals surface area contributed by atoms with Gasteiger partial charge in [-0.15, -0.1) is 11.3 Å². The van der Waals surface area contributed by atoms with Crippen molar-refractivity contribution in [3.05, 3.63) is 74.7 Å². The van der Waals surface area contributed by atoms with Gasteiger partial charge in [0.25, 0.3) is 5.91 Å². The second kappa shape index (κ2) is 7.16. The van der Waals surface area contributed by atoms with Crippen molar-refractivity contribution in [2.75, 3.05) is 13.1 Å². The van der Waals surface area contributed by atoms with Crippen molar-refractivity contribution < 1.29 is 9.90 Å². The second-order valence-electron chi connectivity index (χ2n) is 9.13. The highest BCUT2D eigenvalue weighted by atomic mass is 35.5. The summed E-state index contributed by atoms with van der Waals surface area (Å²) >= 11 is 7.20.